The third kappa shape index (κ3) is 3.04. The predicted molar refractivity (Wildman–Crippen MR) is 83.3 cm³/mol. The molecule has 0 radical (unpaired) electrons. The van der Waals surface area contributed by atoms with Crippen molar-refractivity contribution in [3.8, 4) is 0 Å². The van der Waals surface area contributed by atoms with Crippen molar-refractivity contribution in [3.05, 3.63) is 41.4 Å². The molecule has 1 aliphatic heterocycles. The molecule has 1 heterocycles. The number of halogens is 1. The first kappa shape index (κ1) is 15.0. The van der Waals surface area contributed by atoms with E-state index in [1.54, 1.807) is 12.1 Å². The summed E-state index contributed by atoms with van der Waals surface area (Å²) in [5.41, 5.74) is 3.92. The van der Waals surface area contributed by atoms with E-state index >= 15 is 0 Å². The van der Waals surface area contributed by atoms with Gasteiger partial charge in [-0.3, -0.25) is 0 Å². The number of nitrogens with zero attached hydrogens (tertiary/aromatic N) is 1. The van der Waals surface area contributed by atoms with Gasteiger partial charge in [0, 0.05) is 12.1 Å². The molecule has 2 nitrogen and oxygen atoms in total. The van der Waals surface area contributed by atoms with Crippen LogP contribution in [0.3, 0.4) is 0 Å². The lowest BCUT2D eigenvalue weighted by atomic mass is 9.97. The van der Waals surface area contributed by atoms with Crippen molar-refractivity contribution in [1.82, 2.24) is 0 Å². The zero-order valence-corrected chi connectivity index (χ0v) is 13.1. The molecule has 1 fully saturated rings. The van der Waals surface area contributed by atoms with E-state index < -0.39 is 0 Å². The Balaban J connectivity index is 2.20. The second-order valence-electron chi connectivity index (χ2n) is 6.58. The maximum absolute atomic E-state index is 13.4. The minimum atomic E-state index is -0.176. The summed E-state index contributed by atoms with van der Waals surface area (Å²) >= 11 is 0. The SMILES string of the molecule is C=C(Nc1c(C)cc(F)cc1C)C1CCCC[N+]1(C)C. The second kappa shape index (κ2) is 5.57. The first-order valence-corrected chi connectivity index (χ1v) is 7.36. The van der Waals surface area contributed by atoms with Crippen molar-refractivity contribution < 1.29 is 8.87 Å². The number of hydrogen-bond donors (Lipinski definition) is 1. The first-order valence-electron chi connectivity index (χ1n) is 7.36. The van der Waals surface area contributed by atoms with E-state index in [-0.39, 0.29) is 5.82 Å². The Labute approximate surface area is 121 Å². The van der Waals surface area contributed by atoms with E-state index in [4.69, 9.17) is 0 Å². The molecule has 1 aromatic rings. The second-order valence-corrected chi connectivity index (χ2v) is 6.58. The summed E-state index contributed by atoms with van der Waals surface area (Å²) in [6.07, 6.45) is 3.71. The van der Waals surface area contributed by atoms with Crippen LogP contribution < -0.4 is 5.32 Å². The van der Waals surface area contributed by atoms with Gasteiger partial charge in [0.1, 0.15) is 11.9 Å². The standard InChI is InChI=1S/C17H26FN2/c1-12-10-15(18)11-13(2)17(12)19-14(3)16-8-6-7-9-20(16,4)5/h10-11,16,19H,3,6-9H2,1-2,4-5H3/q+1. The molecule has 3 heteroatoms. The largest absolute Gasteiger partial charge is 0.354 e. The molecular formula is C17H26FN2+. The molecule has 1 saturated heterocycles. The van der Waals surface area contributed by atoms with Gasteiger partial charge in [0.15, 0.2) is 0 Å². The van der Waals surface area contributed by atoms with E-state index in [0.717, 1.165) is 33.4 Å². The highest BCUT2D eigenvalue weighted by molar-refractivity contribution is 5.60. The van der Waals surface area contributed by atoms with Gasteiger partial charge in [-0.2, -0.15) is 0 Å². The molecule has 0 bridgehead atoms. The normalized spacial score (nSPS) is 21.6. The lowest BCUT2D eigenvalue weighted by molar-refractivity contribution is -0.914. The van der Waals surface area contributed by atoms with Crippen molar-refractivity contribution in [2.24, 2.45) is 0 Å². The van der Waals surface area contributed by atoms with Crippen LogP contribution in [-0.2, 0) is 0 Å². The Bertz CT molecular complexity index is 497. The molecule has 1 N–H and O–H groups in total. The highest BCUT2D eigenvalue weighted by atomic mass is 19.1. The van der Waals surface area contributed by atoms with Crippen molar-refractivity contribution >= 4 is 5.69 Å². The molecule has 0 aliphatic carbocycles. The zero-order valence-electron chi connectivity index (χ0n) is 13.1. The fourth-order valence-electron chi connectivity index (χ4n) is 3.31. The van der Waals surface area contributed by atoms with Crippen LogP contribution >= 0.6 is 0 Å². The average molecular weight is 277 g/mol. The summed E-state index contributed by atoms with van der Waals surface area (Å²) in [5, 5.41) is 3.45. The fourth-order valence-corrected chi connectivity index (χ4v) is 3.31. The molecular weight excluding hydrogens is 251 g/mol. The minimum absolute atomic E-state index is 0.176. The van der Waals surface area contributed by atoms with Gasteiger partial charge < -0.3 is 9.80 Å². The molecule has 0 saturated carbocycles. The van der Waals surface area contributed by atoms with Crippen LogP contribution in [0, 0.1) is 19.7 Å². The van der Waals surface area contributed by atoms with Gasteiger partial charge in [0.25, 0.3) is 0 Å². The van der Waals surface area contributed by atoms with Gasteiger partial charge >= 0.3 is 0 Å². The van der Waals surface area contributed by atoms with E-state index in [1.807, 2.05) is 13.8 Å². The summed E-state index contributed by atoms with van der Waals surface area (Å²) in [4.78, 5) is 0. The average Bonchev–Trinajstić information content (AvgIpc) is 2.32. The molecule has 0 amide bonds. The van der Waals surface area contributed by atoms with Crippen LogP contribution in [0.2, 0.25) is 0 Å². The smallest absolute Gasteiger partial charge is 0.129 e. The summed E-state index contributed by atoms with van der Waals surface area (Å²) < 4.78 is 14.3. The third-order valence-corrected chi connectivity index (χ3v) is 4.49. The lowest BCUT2D eigenvalue weighted by Gasteiger charge is -2.42. The Morgan fingerprint density at radius 2 is 1.85 bits per heavy atom. The summed E-state index contributed by atoms with van der Waals surface area (Å²) in [5.74, 6) is -0.176. The molecule has 2 rings (SSSR count). The number of rotatable bonds is 3. The Morgan fingerprint density at radius 1 is 1.25 bits per heavy atom. The zero-order chi connectivity index (χ0) is 14.9. The molecule has 1 unspecified atom stereocenters. The van der Waals surface area contributed by atoms with Gasteiger partial charge in [-0.15, -0.1) is 0 Å². The van der Waals surface area contributed by atoms with Crippen LogP contribution in [-0.4, -0.2) is 31.2 Å². The van der Waals surface area contributed by atoms with Crippen LogP contribution in [0.15, 0.2) is 24.4 Å². The van der Waals surface area contributed by atoms with E-state index in [0.29, 0.717) is 6.04 Å². The van der Waals surface area contributed by atoms with E-state index in [2.05, 4.69) is 26.0 Å². The summed E-state index contributed by atoms with van der Waals surface area (Å²) in [6.45, 7) is 9.31. The number of likely N-dealkylation sites (tertiary alicyclic amines) is 1. The number of benzene rings is 1. The highest BCUT2D eigenvalue weighted by Gasteiger charge is 2.33. The summed E-state index contributed by atoms with van der Waals surface area (Å²) in [6, 6.07) is 3.57. The maximum Gasteiger partial charge on any atom is 0.129 e. The number of likely N-dealkylation sites (N-methyl/N-ethyl adjacent to an activating group) is 1. The van der Waals surface area contributed by atoms with Gasteiger partial charge in [0.05, 0.1) is 26.3 Å². The summed E-state index contributed by atoms with van der Waals surface area (Å²) in [7, 11) is 4.53. The van der Waals surface area contributed by atoms with Crippen LogP contribution in [0.25, 0.3) is 0 Å². The van der Waals surface area contributed by atoms with E-state index in [1.165, 1.54) is 19.4 Å². The topological polar surface area (TPSA) is 12.0 Å². The minimum Gasteiger partial charge on any atom is -0.354 e. The van der Waals surface area contributed by atoms with Gasteiger partial charge in [-0.05, 0) is 49.9 Å². The molecule has 1 aromatic carbocycles. The van der Waals surface area contributed by atoms with Crippen molar-refractivity contribution in [2.75, 3.05) is 26.0 Å². The number of hydrogen-bond acceptors (Lipinski definition) is 1. The third-order valence-electron chi connectivity index (χ3n) is 4.49. The fraction of sp³-hybridized carbons (Fsp3) is 0.529. The molecule has 110 valence electrons. The van der Waals surface area contributed by atoms with Gasteiger partial charge in [-0.25, -0.2) is 4.39 Å². The molecule has 0 aromatic heterocycles. The molecule has 20 heavy (non-hydrogen) atoms. The van der Waals surface area contributed by atoms with E-state index in [9.17, 15) is 4.39 Å². The Hall–Kier alpha value is -1.35. The quantitative estimate of drug-likeness (QED) is 0.824. The first-order chi connectivity index (χ1) is 9.31. The maximum atomic E-state index is 13.4. The number of nitrogens with one attached hydrogen (secondary N) is 1. The predicted octanol–water partition coefficient (Wildman–Crippen LogP) is 4.00. The monoisotopic (exact) mass is 277 g/mol. The molecule has 1 aliphatic rings. The lowest BCUT2D eigenvalue weighted by Crippen LogP contribution is -2.53. The van der Waals surface area contributed by atoms with Gasteiger partial charge in [-0.1, -0.05) is 6.58 Å². The molecule has 0 spiro atoms. The van der Waals surface area contributed by atoms with Crippen molar-refractivity contribution in [3.63, 3.8) is 0 Å². The molecule has 1 atom stereocenters. The highest BCUT2D eigenvalue weighted by Crippen LogP contribution is 2.29. The number of quaternary nitrogens is 1. The number of piperidine rings is 1. The van der Waals surface area contributed by atoms with Crippen molar-refractivity contribution in [2.45, 2.75) is 39.2 Å². The Morgan fingerprint density at radius 3 is 2.40 bits per heavy atom. The van der Waals surface area contributed by atoms with Gasteiger partial charge in [0.2, 0.25) is 0 Å². The number of aryl methyl sites for hydroxylation is 2. The van der Waals surface area contributed by atoms with Crippen LogP contribution in [0.4, 0.5) is 10.1 Å². The Kier molecular flexibility index (Phi) is 4.19. The van der Waals surface area contributed by atoms with Crippen LogP contribution in [0.5, 0.6) is 0 Å². The van der Waals surface area contributed by atoms with Crippen LogP contribution in [0.1, 0.15) is 30.4 Å². The van der Waals surface area contributed by atoms with Crippen molar-refractivity contribution in [1.29, 1.82) is 0 Å². The number of anilines is 1.